The Labute approximate surface area is 107 Å². The van der Waals surface area contributed by atoms with Crippen molar-refractivity contribution in [1.82, 2.24) is 15.1 Å². The summed E-state index contributed by atoms with van der Waals surface area (Å²) in [5.41, 5.74) is 2.92. The Morgan fingerprint density at radius 1 is 1.39 bits per heavy atom. The number of rotatable bonds is 4. The van der Waals surface area contributed by atoms with E-state index in [1.165, 1.54) is 6.07 Å². The van der Waals surface area contributed by atoms with Crippen molar-refractivity contribution in [2.24, 2.45) is 7.05 Å². The van der Waals surface area contributed by atoms with Crippen molar-refractivity contribution >= 4 is 0 Å². The standard InChI is InChI=1S/C14H18FN3/c1-4-16-14(11-6-5-7-12(15)9-11)13-8-10(2)17-18(13)3/h5-9,14,16H,4H2,1-3H3. The summed E-state index contributed by atoms with van der Waals surface area (Å²) in [4.78, 5) is 0. The summed E-state index contributed by atoms with van der Waals surface area (Å²) in [7, 11) is 1.91. The molecule has 0 bridgehead atoms. The first kappa shape index (κ1) is 12.8. The normalized spacial score (nSPS) is 12.7. The Morgan fingerprint density at radius 2 is 2.17 bits per heavy atom. The number of hydrogen-bond donors (Lipinski definition) is 1. The van der Waals surface area contributed by atoms with E-state index >= 15 is 0 Å². The summed E-state index contributed by atoms with van der Waals surface area (Å²) in [5.74, 6) is -0.214. The van der Waals surface area contributed by atoms with Crippen LogP contribution < -0.4 is 5.32 Å². The van der Waals surface area contributed by atoms with Crippen LogP contribution in [0.15, 0.2) is 30.3 Å². The molecule has 2 aromatic rings. The van der Waals surface area contributed by atoms with E-state index in [0.717, 1.165) is 23.5 Å². The minimum Gasteiger partial charge on any atom is -0.305 e. The quantitative estimate of drug-likeness (QED) is 0.900. The number of benzene rings is 1. The van der Waals surface area contributed by atoms with Crippen LogP contribution in [0.1, 0.15) is 29.9 Å². The van der Waals surface area contributed by atoms with Crippen molar-refractivity contribution in [3.63, 3.8) is 0 Å². The van der Waals surface area contributed by atoms with Gasteiger partial charge in [0.25, 0.3) is 0 Å². The molecule has 0 aliphatic heterocycles. The number of aryl methyl sites for hydroxylation is 2. The molecule has 0 spiro atoms. The molecule has 0 aliphatic carbocycles. The summed E-state index contributed by atoms with van der Waals surface area (Å²) < 4.78 is 15.2. The number of nitrogens with zero attached hydrogens (tertiary/aromatic N) is 2. The molecule has 0 fully saturated rings. The maximum atomic E-state index is 13.3. The lowest BCUT2D eigenvalue weighted by Crippen LogP contribution is -2.24. The van der Waals surface area contributed by atoms with Crippen molar-refractivity contribution in [3.05, 3.63) is 53.1 Å². The fourth-order valence-corrected chi connectivity index (χ4v) is 2.18. The summed E-state index contributed by atoms with van der Waals surface area (Å²) in [6, 6.07) is 8.68. The maximum absolute atomic E-state index is 13.3. The van der Waals surface area contributed by atoms with Crippen LogP contribution in [0.25, 0.3) is 0 Å². The van der Waals surface area contributed by atoms with Gasteiger partial charge in [-0.1, -0.05) is 19.1 Å². The van der Waals surface area contributed by atoms with Gasteiger partial charge in [-0.3, -0.25) is 4.68 Å². The van der Waals surface area contributed by atoms with Crippen LogP contribution in [0.3, 0.4) is 0 Å². The van der Waals surface area contributed by atoms with Gasteiger partial charge in [-0.2, -0.15) is 5.10 Å². The minimum atomic E-state index is -0.214. The molecule has 0 aliphatic rings. The van der Waals surface area contributed by atoms with Gasteiger partial charge < -0.3 is 5.32 Å². The first-order chi connectivity index (χ1) is 8.61. The highest BCUT2D eigenvalue weighted by Crippen LogP contribution is 2.22. The van der Waals surface area contributed by atoms with Gasteiger partial charge in [-0.25, -0.2) is 4.39 Å². The van der Waals surface area contributed by atoms with E-state index < -0.39 is 0 Å². The third-order valence-corrected chi connectivity index (χ3v) is 2.92. The van der Waals surface area contributed by atoms with Crippen molar-refractivity contribution in [2.75, 3.05) is 6.54 Å². The molecule has 2 rings (SSSR count). The first-order valence-electron chi connectivity index (χ1n) is 6.11. The lowest BCUT2D eigenvalue weighted by Gasteiger charge is -2.18. The second kappa shape index (κ2) is 5.31. The summed E-state index contributed by atoms with van der Waals surface area (Å²) in [6.07, 6.45) is 0. The van der Waals surface area contributed by atoms with E-state index in [1.54, 1.807) is 12.1 Å². The molecule has 96 valence electrons. The molecule has 1 N–H and O–H groups in total. The van der Waals surface area contributed by atoms with E-state index in [0.29, 0.717) is 0 Å². The van der Waals surface area contributed by atoms with Gasteiger partial charge in [0.1, 0.15) is 5.82 Å². The molecule has 4 heteroatoms. The highest BCUT2D eigenvalue weighted by Gasteiger charge is 2.17. The van der Waals surface area contributed by atoms with Gasteiger partial charge in [0.2, 0.25) is 0 Å². The van der Waals surface area contributed by atoms with E-state index in [-0.39, 0.29) is 11.9 Å². The molecular weight excluding hydrogens is 229 g/mol. The lowest BCUT2D eigenvalue weighted by atomic mass is 10.0. The Bertz CT molecular complexity index is 534. The molecule has 1 aromatic heterocycles. The van der Waals surface area contributed by atoms with Crippen LogP contribution >= 0.6 is 0 Å². The molecule has 3 nitrogen and oxygen atoms in total. The van der Waals surface area contributed by atoms with Crippen LogP contribution in [0.4, 0.5) is 4.39 Å². The van der Waals surface area contributed by atoms with Crippen LogP contribution in [0.2, 0.25) is 0 Å². The van der Waals surface area contributed by atoms with Crippen molar-refractivity contribution in [3.8, 4) is 0 Å². The fourth-order valence-electron chi connectivity index (χ4n) is 2.18. The second-order valence-corrected chi connectivity index (χ2v) is 4.38. The first-order valence-corrected chi connectivity index (χ1v) is 6.11. The third kappa shape index (κ3) is 2.59. The Kier molecular flexibility index (Phi) is 3.77. The second-order valence-electron chi connectivity index (χ2n) is 4.38. The van der Waals surface area contributed by atoms with Crippen LogP contribution in [-0.4, -0.2) is 16.3 Å². The molecule has 1 aromatic carbocycles. The zero-order chi connectivity index (χ0) is 13.1. The predicted molar refractivity (Wildman–Crippen MR) is 69.9 cm³/mol. The molecule has 1 atom stereocenters. The highest BCUT2D eigenvalue weighted by atomic mass is 19.1. The number of hydrogen-bond acceptors (Lipinski definition) is 2. The van der Waals surface area contributed by atoms with Gasteiger partial charge in [-0.05, 0) is 37.2 Å². The summed E-state index contributed by atoms with van der Waals surface area (Å²) >= 11 is 0. The summed E-state index contributed by atoms with van der Waals surface area (Å²) in [5, 5.41) is 7.71. The monoisotopic (exact) mass is 247 g/mol. The average Bonchev–Trinajstić information content (AvgIpc) is 2.65. The van der Waals surface area contributed by atoms with Gasteiger partial charge >= 0.3 is 0 Å². The van der Waals surface area contributed by atoms with E-state index in [1.807, 2.05) is 37.7 Å². The molecule has 0 saturated heterocycles. The lowest BCUT2D eigenvalue weighted by molar-refractivity contribution is 0.564. The Morgan fingerprint density at radius 3 is 2.72 bits per heavy atom. The largest absolute Gasteiger partial charge is 0.305 e. The van der Waals surface area contributed by atoms with E-state index in [2.05, 4.69) is 10.4 Å². The van der Waals surface area contributed by atoms with Crippen molar-refractivity contribution < 1.29 is 4.39 Å². The van der Waals surface area contributed by atoms with E-state index in [9.17, 15) is 4.39 Å². The van der Waals surface area contributed by atoms with Crippen LogP contribution in [0, 0.1) is 12.7 Å². The number of nitrogens with one attached hydrogen (secondary N) is 1. The maximum Gasteiger partial charge on any atom is 0.123 e. The topological polar surface area (TPSA) is 29.9 Å². The highest BCUT2D eigenvalue weighted by molar-refractivity contribution is 5.29. The van der Waals surface area contributed by atoms with Crippen molar-refractivity contribution in [1.29, 1.82) is 0 Å². The van der Waals surface area contributed by atoms with Gasteiger partial charge in [0.15, 0.2) is 0 Å². The molecule has 0 amide bonds. The van der Waals surface area contributed by atoms with Gasteiger partial charge in [0.05, 0.1) is 17.4 Å². The molecule has 1 unspecified atom stereocenters. The third-order valence-electron chi connectivity index (χ3n) is 2.92. The van der Waals surface area contributed by atoms with Gasteiger partial charge in [-0.15, -0.1) is 0 Å². The van der Waals surface area contributed by atoms with Crippen LogP contribution in [0.5, 0.6) is 0 Å². The zero-order valence-electron chi connectivity index (χ0n) is 10.9. The molecular formula is C14H18FN3. The fraction of sp³-hybridized carbons (Fsp3) is 0.357. The smallest absolute Gasteiger partial charge is 0.123 e. The predicted octanol–water partition coefficient (Wildman–Crippen LogP) is 2.57. The Balaban J connectivity index is 2.42. The Hall–Kier alpha value is -1.68. The number of aromatic nitrogens is 2. The van der Waals surface area contributed by atoms with E-state index in [4.69, 9.17) is 0 Å². The molecule has 0 radical (unpaired) electrons. The number of halogens is 1. The SMILES string of the molecule is CCNC(c1cccc(F)c1)c1cc(C)nn1C. The molecule has 1 heterocycles. The average molecular weight is 247 g/mol. The molecule has 18 heavy (non-hydrogen) atoms. The minimum absolute atomic E-state index is 0.0306. The van der Waals surface area contributed by atoms with Gasteiger partial charge in [0, 0.05) is 7.05 Å². The van der Waals surface area contributed by atoms with Crippen molar-refractivity contribution in [2.45, 2.75) is 19.9 Å². The molecule has 0 saturated carbocycles. The van der Waals surface area contributed by atoms with Crippen LogP contribution in [-0.2, 0) is 7.05 Å². The summed E-state index contributed by atoms with van der Waals surface area (Å²) in [6.45, 7) is 4.80. The zero-order valence-corrected chi connectivity index (χ0v) is 10.9.